The number of nitrogens with zero attached hydrogens (tertiary/aromatic N) is 2. The van der Waals surface area contributed by atoms with Crippen LogP contribution in [0.1, 0.15) is 53.6 Å². The molecule has 1 aromatic carbocycles. The van der Waals surface area contributed by atoms with Crippen molar-refractivity contribution in [2.45, 2.75) is 46.0 Å². The molecule has 3 rings (SSSR count). The summed E-state index contributed by atoms with van der Waals surface area (Å²) in [5.74, 6) is 0.260. The lowest BCUT2D eigenvalue weighted by atomic mass is 9.97. The van der Waals surface area contributed by atoms with E-state index in [0.29, 0.717) is 23.1 Å². The maximum Gasteiger partial charge on any atom is 0.254 e. The van der Waals surface area contributed by atoms with Crippen LogP contribution in [-0.2, 0) is 0 Å². The monoisotopic (exact) mass is 384 g/mol. The van der Waals surface area contributed by atoms with Crippen LogP contribution in [0.2, 0.25) is 5.02 Å². The number of amides is 1. The van der Waals surface area contributed by atoms with Crippen LogP contribution in [0.25, 0.3) is 0 Å². The number of nitrogens with one attached hydrogen (secondary N) is 2. The summed E-state index contributed by atoms with van der Waals surface area (Å²) in [7, 11) is 0. The third kappa shape index (κ3) is 5.30. The van der Waals surface area contributed by atoms with E-state index in [2.05, 4.69) is 26.7 Å². The average Bonchev–Trinajstić information content (AvgIpc) is 2.66. The zero-order chi connectivity index (χ0) is 19.2. The van der Waals surface area contributed by atoms with Gasteiger partial charge in [-0.3, -0.25) is 4.79 Å². The minimum absolute atomic E-state index is 0.150. The van der Waals surface area contributed by atoms with Gasteiger partial charge in [-0.1, -0.05) is 29.3 Å². The van der Waals surface area contributed by atoms with E-state index >= 15 is 0 Å². The summed E-state index contributed by atoms with van der Waals surface area (Å²) in [6, 6.07) is 3.93. The zero-order valence-corrected chi connectivity index (χ0v) is 16.6. The van der Waals surface area contributed by atoms with Gasteiger partial charge < -0.3 is 10.6 Å². The fourth-order valence-electron chi connectivity index (χ4n) is 3.27. The van der Waals surface area contributed by atoms with Gasteiger partial charge in [-0.05, 0) is 63.1 Å². The van der Waals surface area contributed by atoms with Crippen LogP contribution in [-0.4, -0.2) is 22.4 Å². The van der Waals surface area contributed by atoms with E-state index in [9.17, 15) is 4.79 Å². The maximum atomic E-state index is 12.2. The first-order valence-corrected chi connectivity index (χ1v) is 9.72. The molecule has 1 aliphatic carbocycles. The molecule has 1 amide bonds. The lowest BCUT2D eigenvalue weighted by Crippen LogP contribution is -2.25. The van der Waals surface area contributed by atoms with E-state index < -0.39 is 0 Å². The molecule has 2 N–H and O–H groups in total. The van der Waals surface area contributed by atoms with Crippen molar-refractivity contribution in [3.05, 3.63) is 57.9 Å². The number of carbonyl (C=O) groups excluding carboxylic acids is 1. The second-order valence-corrected chi connectivity index (χ2v) is 7.38. The zero-order valence-electron chi connectivity index (χ0n) is 15.8. The molecule has 0 radical (unpaired) electrons. The standard InChI is InChI=1S/C21H25ClN4O/c1-14-10-15(2)19(18(22)11-14)26-21-24-12-17(13-25-21)20(27)23-9-8-16-6-4-3-5-7-16/h6,10-13H,3-5,7-9H2,1-2H3,(H,23,27)(H,24,25,26). The lowest BCUT2D eigenvalue weighted by Gasteiger charge is -2.13. The number of allylic oxidation sites excluding steroid dienone is 1. The van der Waals surface area contributed by atoms with Gasteiger partial charge in [0.15, 0.2) is 0 Å². The number of anilines is 2. The molecular formula is C21H25ClN4O. The molecule has 0 fully saturated rings. The first-order valence-electron chi connectivity index (χ1n) is 9.35. The molecule has 0 saturated carbocycles. The van der Waals surface area contributed by atoms with E-state index in [0.717, 1.165) is 36.1 Å². The van der Waals surface area contributed by atoms with Gasteiger partial charge >= 0.3 is 0 Å². The van der Waals surface area contributed by atoms with Crippen molar-refractivity contribution in [1.29, 1.82) is 0 Å². The Labute approximate surface area is 165 Å². The number of halogens is 1. The molecule has 1 heterocycles. The van der Waals surface area contributed by atoms with Crippen LogP contribution in [0, 0.1) is 13.8 Å². The number of aromatic nitrogens is 2. The number of hydrogen-bond donors (Lipinski definition) is 2. The molecule has 0 spiro atoms. The highest BCUT2D eigenvalue weighted by Gasteiger charge is 2.10. The van der Waals surface area contributed by atoms with Gasteiger partial charge in [0.1, 0.15) is 0 Å². The second kappa shape index (κ2) is 9.00. The summed E-state index contributed by atoms with van der Waals surface area (Å²) in [5, 5.41) is 6.69. The fraction of sp³-hybridized carbons (Fsp3) is 0.381. The molecule has 0 saturated heterocycles. The van der Waals surface area contributed by atoms with Crippen LogP contribution >= 0.6 is 11.6 Å². The normalized spacial score (nSPS) is 13.8. The van der Waals surface area contributed by atoms with E-state index in [1.165, 1.54) is 30.8 Å². The van der Waals surface area contributed by atoms with Crippen LogP contribution < -0.4 is 10.6 Å². The van der Waals surface area contributed by atoms with Gasteiger partial charge in [0, 0.05) is 18.9 Å². The van der Waals surface area contributed by atoms with Crippen molar-refractivity contribution in [2.75, 3.05) is 11.9 Å². The summed E-state index contributed by atoms with van der Waals surface area (Å²) in [5.41, 5.74) is 4.79. The molecular weight excluding hydrogens is 360 g/mol. The van der Waals surface area contributed by atoms with E-state index in [4.69, 9.17) is 11.6 Å². The van der Waals surface area contributed by atoms with E-state index in [1.54, 1.807) is 0 Å². The summed E-state index contributed by atoms with van der Waals surface area (Å²) in [6.45, 7) is 4.62. The lowest BCUT2D eigenvalue weighted by molar-refractivity contribution is 0.0953. The van der Waals surface area contributed by atoms with Crippen LogP contribution in [0.3, 0.4) is 0 Å². The largest absolute Gasteiger partial charge is 0.352 e. The van der Waals surface area contributed by atoms with Crippen molar-refractivity contribution in [1.82, 2.24) is 15.3 Å². The predicted molar refractivity (Wildman–Crippen MR) is 110 cm³/mol. The van der Waals surface area contributed by atoms with Crippen molar-refractivity contribution in [2.24, 2.45) is 0 Å². The molecule has 1 aliphatic rings. The Morgan fingerprint density at radius 2 is 1.96 bits per heavy atom. The third-order valence-corrected chi connectivity index (χ3v) is 5.00. The Hall–Kier alpha value is -2.40. The maximum absolute atomic E-state index is 12.2. The molecule has 0 atom stereocenters. The predicted octanol–water partition coefficient (Wildman–Crippen LogP) is 5.11. The van der Waals surface area contributed by atoms with Crippen LogP contribution in [0.5, 0.6) is 0 Å². The fourth-order valence-corrected chi connectivity index (χ4v) is 3.63. The molecule has 5 nitrogen and oxygen atoms in total. The van der Waals surface area contributed by atoms with Gasteiger partial charge in [-0.2, -0.15) is 0 Å². The Morgan fingerprint density at radius 1 is 1.19 bits per heavy atom. The number of rotatable bonds is 6. The Morgan fingerprint density at radius 3 is 2.63 bits per heavy atom. The minimum Gasteiger partial charge on any atom is -0.352 e. The Bertz CT molecular complexity index is 823. The SMILES string of the molecule is Cc1cc(C)c(Nc2ncc(C(=O)NCCC3=CCCCC3)cn2)c(Cl)c1. The molecule has 142 valence electrons. The van der Waals surface area contributed by atoms with Crippen molar-refractivity contribution < 1.29 is 4.79 Å². The van der Waals surface area contributed by atoms with E-state index in [1.807, 2.05) is 26.0 Å². The van der Waals surface area contributed by atoms with Gasteiger partial charge in [-0.15, -0.1) is 0 Å². The first kappa shape index (κ1) is 19.4. The average molecular weight is 385 g/mol. The molecule has 0 unspecified atom stereocenters. The van der Waals surface area contributed by atoms with Gasteiger partial charge in [0.05, 0.1) is 16.3 Å². The molecule has 2 aromatic rings. The molecule has 27 heavy (non-hydrogen) atoms. The van der Waals surface area contributed by atoms with Crippen molar-refractivity contribution >= 4 is 29.1 Å². The highest BCUT2D eigenvalue weighted by molar-refractivity contribution is 6.33. The number of carbonyl (C=O) groups is 1. The van der Waals surface area contributed by atoms with Crippen LogP contribution in [0.4, 0.5) is 11.6 Å². The second-order valence-electron chi connectivity index (χ2n) is 6.97. The topological polar surface area (TPSA) is 66.9 Å². The summed E-state index contributed by atoms with van der Waals surface area (Å²) < 4.78 is 0. The summed E-state index contributed by atoms with van der Waals surface area (Å²) >= 11 is 6.30. The molecule has 6 heteroatoms. The molecule has 0 aliphatic heterocycles. The highest BCUT2D eigenvalue weighted by Crippen LogP contribution is 2.29. The number of aryl methyl sites for hydroxylation is 2. The highest BCUT2D eigenvalue weighted by atomic mass is 35.5. The first-order chi connectivity index (χ1) is 13.0. The van der Waals surface area contributed by atoms with Gasteiger partial charge in [0.25, 0.3) is 5.91 Å². The van der Waals surface area contributed by atoms with E-state index in [-0.39, 0.29) is 5.91 Å². The van der Waals surface area contributed by atoms with Crippen LogP contribution in [0.15, 0.2) is 36.2 Å². The van der Waals surface area contributed by atoms with Crippen molar-refractivity contribution in [3.8, 4) is 0 Å². The Kier molecular flexibility index (Phi) is 6.45. The Balaban J connectivity index is 1.56. The van der Waals surface area contributed by atoms with Crippen molar-refractivity contribution in [3.63, 3.8) is 0 Å². The van der Waals surface area contributed by atoms with Gasteiger partial charge in [-0.25, -0.2) is 9.97 Å². The minimum atomic E-state index is -0.150. The third-order valence-electron chi connectivity index (χ3n) is 4.70. The number of benzene rings is 1. The quantitative estimate of drug-likeness (QED) is 0.679. The van der Waals surface area contributed by atoms with Gasteiger partial charge in [0.2, 0.25) is 5.95 Å². The summed E-state index contributed by atoms with van der Waals surface area (Å²) in [4.78, 5) is 20.7. The number of hydrogen-bond acceptors (Lipinski definition) is 4. The molecule has 1 aromatic heterocycles. The summed E-state index contributed by atoms with van der Waals surface area (Å²) in [6.07, 6.45) is 11.1. The molecule has 0 bridgehead atoms. The smallest absolute Gasteiger partial charge is 0.254 e.